The van der Waals surface area contributed by atoms with Crippen LogP contribution in [0.3, 0.4) is 0 Å². The first-order chi connectivity index (χ1) is 40.7. The van der Waals surface area contributed by atoms with Gasteiger partial charge in [0.05, 0.1) is 45.5 Å². The van der Waals surface area contributed by atoms with Crippen molar-refractivity contribution < 1.29 is 0 Å². The molecule has 0 radical (unpaired) electrons. The summed E-state index contributed by atoms with van der Waals surface area (Å²) >= 11 is 0. The maximum atomic E-state index is 2.52. The fraction of sp³-hybridized carbons (Fsp3) is 0.0256. The zero-order chi connectivity index (χ0) is 53.8. The van der Waals surface area contributed by atoms with E-state index in [-0.39, 0.29) is 0 Å². The van der Waals surface area contributed by atoms with Gasteiger partial charge in [0.15, 0.2) is 0 Å². The van der Waals surface area contributed by atoms with Crippen LogP contribution in [-0.2, 0) is 12.8 Å². The Labute approximate surface area is 477 Å². The zero-order valence-electron chi connectivity index (χ0n) is 44.9. The van der Waals surface area contributed by atoms with E-state index in [4.69, 9.17) is 0 Å². The van der Waals surface area contributed by atoms with Crippen molar-refractivity contribution in [2.75, 3.05) is 19.6 Å². The van der Waals surface area contributed by atoms with E-state index in [2.05, 4.69) is 311 Å². The van der Waals surface area contributed by atoms with Crippen LogP contribution in [-0.4, -0.2) is 0 Å². The fourth-order valence-corrected chi connectivity index (χ4v) is 13.9. The molecule has 0 saturated heterocycles. The summed E-state index contributed by atoms with van der Waals surface area (Å²) in [6.45, 7) is 0. The Morgan fingerprint density at radius 3 is 1.09 bits per heavy atom. The van der Waals surface area contributed by atoms with Crippen molar-refractivity contribution in [1.29, 1.82) is 0 Å². The largest absolute Gasteiger partial charge is 0.306 e. The van der Waals surface area contributed by atoms with E-state index in [1.54, 1.807) is 0 Å². The van der Waals surface area contributed by atoms with E-state index in [0.29, 0.717) is 0 Å². The Kier molecular flexibility index (Phi) is 10.4. The third-order valence-corrected chi connectivity index (χ3v) is 17.4. The average Bonchev–Trinajstić information content (AvgIpc) is 1.06. The van der Waals surface area contributed by atoms with Crippen LogP contribution in [0.4, 0.5) is 68.2 Å². The zero-order valence-corrected chi connectivity index (χ0v) is 44.9. The van der Waals surface area contributed by atoms with Crippen LogP contribution in [0.25, 0.3) is 77.9 Å². The van der Waals surface area contributed by atoms with Gasteiger partial charge in [0.25, 0.3) is 0 Å². The van der Waals surface area contributed by atoms with E-state index in [1.165, 1.54) is 111 Å². The minimum absolute atomic E-state index is 0.847. The second-order valence-electron chi connectivity index (χ2n) is 21.9. The molecule has 2 aliphatic carbocycles. The van der Waals surface area contributed by atoms with Crippen molar-refractivity contribution in [2.45, 2.75) is 12.8 Å². The van der Waals surface area contributed by atoms with Crippen LogP contribution in [0.1, 0.15) is 22.3 Å². The molecule has 13 aromatic carbocycles. The molecule has 0 fully saturated rings. The average molecular weight is 1050 g/mol. The van der Waals surface area contributed by atoms with Crippen molar-refractivity contribution in [3.63, 3.8) is 0 Å². The molecule has 0 saturated carbocycles. The molecular weight excluding hydrogens is 993 g/mol. The van der Waals surface area contributed by atoms with E-state index in [0.717, 1.165) is 58.3 Å². The molecule has 13 aromatic rings. The second-order valence-corrected chi connectivity index (χ2v) is 21.9. The lowest BCUT2D eigenvalue weighted by atomic mass is 9.88. The quantitative estimate of drug-likeness (QED) is 0.158. The van der Waals surface area contributed by atoms with E-state index in [1.807, 2.05) is 0 Å². The second kappa shape index (κ2) is 18.5. The number of benzene rings is 13. The smallest absolute Gasteiger partial charge is 0.0745 e. The van der Waals surface area contributed by atoms with Crippen LogP contribution in [0.5, 0.6) is 0 Å². The molecule has 2 aliphatic heterocycles. The molecule has 384 valence electrons. The van der Waals surface area contributed by atoms with Gasteiger partial charge in [-0.3, -0.25) is 0 Å². The van der Waals surface area contributed by atoms with Gasteiger partial charge in [0.2, 0.25) is 0 Å². The number of para-hydroxylation sites is 5. The lowest BCUT2D eigenvalue weighted by Crippen LogP contribution is -2.25. The molecule has 2 heterocycles. The van der Waals surface area contributed by atoms with Crippen LogP contribution >= 0.6 is 0 Å². The summed E-state index contributed by atoms with van der Waals surface area (Å²) < 4.78 is 0. The Balaban J connectivity index is 0.746. The summed E-state index contributed by atoms with van der Waals surface area (Å²) in [5.41, 5.74) is 26.4. The van der Waals surface area contributed by atoms with Gasteiger partial charge in [-0.2, -0.15) is 0 Å². The number of hydrogen-bond donors (Lipinski definition) is 0. The molecule has 0 unspecified atom stereocenters. The van der Waals surface area contributed by atoms with Gasteiger partial charge >= 0.3 is 0 Å². The molecule has 4 heteroatoms. The van der Waals surface area contributed by atoms with Gasteiger partial charge in [-0.1, -0.05) is 206 Å². The fourth-order valence-electron chi connectivity index (χ4n) is 13.9. The predicted octanol–water partition coefficient (Wildman–Crippen LogP) is 21.8. The molecule has 0 bridgehead atoms. The summed E-state index contributed by atoms with van der Waals surface area (Å²) in [6, 6.07) is 98.7. The maximum absolute atomic E-state index is 2.52. The maximum Gasteiger partial charge on any atom is 0.0745 e. The number of anilines is 12. The summed E-state index contributed by atoms with van der Waals surface area (Å²) in [5.74, 6) is 0. The molecule has 0 N–H and O–H groups in total. The summed E-state index contributed by atoms with van der Waals surface area (Å²) in [5, 5.41) is 7.64. The molecule has 82 heavy (non-hydrogen) atoms. The van der Waals surface area contributed by atoms with E-state index >= 15 is 0 Å². The van der Waals surface area contributed by atoms with Gasteiger partial charge in [0, 0.05) is 22.7 Å². The van der Waals surface area contributed by atoms with Crippen molar-refractivity contribution >= 4 is 113 Å². The first kappa shape index (κ1) is 46.3. The Morgan fingerprint density at radius 1 is 0.256 bits per heavy atom. The lowest BCUT2D eigenvalue weighted by Gasteiger charge is -2.42. The Morgan fingerprint density at radius 2 is 0.622 bits per heavy atom. The van der Waals surface area contributed by atoms with Gasteiger partial charge in [-0.25, -0.2) is 0 Å². The first-order valence-corrected chi connectivity index (χ1v) is 28.5. The summed E-state index contributed by atoms with van der Waals surface area (Å²) in [4.78, 5) is 9.96. The van der Waals surface area contributed by atoms with Crippen molar-refractivity contribution in [3.8, 4) is 33.4 Å². The Hall–Kier alpha value is -10.7. The van der Waals surface area contributed by atoms with E-state index < -0.39 is 0 Å². The van der Waals surface area contributed by atoms with Crippen LogP contribution < -0.4 is 19.6 Å². The van der Waals surface area contributed by atoms with Crippen LogP contribution in [0.15, 0.2) is 279 Å². The SMILES string of the molecule is C1=Cc2cccc3cc4c(c(c23)C1)N(c1ccccc1)c1ccccc1N4c1ccc(-c2ccc(-c3ccc(N4c5ccccc5N(c5ccc(-c6ccccc6)cc5)c5cc6cccc7c6c(c54)CC=C7)cc3)c3ccccc23)cc1. The highest BCUT2D eigenvalue weighted by Gasteiger charge is 2.36. The van der Waals surface area contributed by atoms with Gasteiger partial charge < -0.3 is 19.6 Å². The number of allylic oxidation sites excluding steroid dienone is 2. The van der Waals surface area contributed by atoms with Crippen LogP contribution in [0.2, 0.25) is 0 Å². The number of hydrogen-bond acceptors (Lipinski definition) is 4. The molecule has 0 amide bonds. The third kappa shape index (κ3) is 7.11. The van der Waals surface area contributed by atoms with Gasteiger partial charge in [0.1, 0.15) is 0 Å². The minimum Gasteiger partial charge on any atom is -0.306 e. The Bertz CT molecular complexity index is 4790. The number of fused-ring (bicyclic) bond motifs is 7. The molecule has 4 nitrogen and oxygen atoms in total. The van der Waals surface area contributed by atoms with E-state index in [9.17, 15) is 0 Å². The highest BCUT2D eigenvalue weighted by atomic mass is 15.3. The molecule has 17 rings (SSSR count). The monoisotopic (exact) mass is 1040 g/mol. The van der Waals surface area contributed by atoms with Crippen molar-refractivity contribution in [3.05, 3.63) is 301 Å². The molecule has 0 aromatic heterocycles. The predicted molar refractivity (Wildman–Crippen MR) is 347 cm³/mol. The highest BCUT2D eigenvalue weighted by Crippen LogP contribution is 2.60. The topological polar surface area (TPSA) is 13.0 Å². The summed E-state index contributed by atoms with van der Waals surface area (Å²) in [7, 11) is 0. The van der Waals surface area contributed by atoms with Crippen molar-refractivity contribution in [2.24, 2.45) is 0 Å². The third-order valence-electron chi connectivity index (χ3n) is 17.4. The van der Waals surface area contributed by atoms with Gasteiger partial charge in [-0.05, 0) is 186 Å². The lowest BCUT2D eigenvalue weighted by molar-refractivity contribution is 1.14. The first-order valence-electron chi connectivity index (χ1n) is 28.5. The number of nitrogens with zero attached hydrogens (tertiary/aromatic N) is 4. The van der Waals surface area contributed by atoms with Crippen molar-refractivity contribution in [1.82, 2.24) is 0 Å². The molecule has 0 spiro atoms. The summed E-state index contributed by atoms with van der Waals surface area (Å²) in [6.07, 6.45) is 10.9. The molecule has 0 atom stereocenters. The molecule has 4 aliphatic rings. The highest BCUT2D eigenvalue weighted by molar-refractivity contribution is 6.13. The number of rotatable bonds is 7. The molecular formula is C78H52N4. The normalized spacial score (nSPS) is 13.6. The minimum atomic E-state index is 0.847. The van der Waals surface area contributed by atoms with Gasteiger partial charge in [-0.15, -0.1) is 0 Å². The van der Waals surface area contributed by atoms with Crippen LogP contribution in [0, 0.1) is 0 Å². The standard InChI is InChI=1S/C78H52N4/c1-3-17-51(18-4-1)52-35-41-60(42-36-52)79-70-32-10-12-34-72(70)82(78-68-30-16-22-56-20-14-24-58(76(56)68)50-74(78)79)62-45-39-54(40-46-62)64-48-47-63(65-27-7-8-28-66(64)65)53-37-43-61(44-38-53)80-69-31-9-11-33-71(69)81(59-25-5-2-6-26-59)77-67-29-15-21-55-19-13-23-57(75(55)67)49-73(77)80/h1-28,31-50H,29-30H2.